The van der Waals surface area contributed by atoms with E-state index in [2.05, 4.69) is 20.4 Å². The zero-order valence-corrected chi connectivity index (χ0v) is 13.0. The fraction of sp³-hybridized carbons (Fsp3) is 0.500. The third-order valence-corrected chi connectivity index (χ3v) is 4.50. The van der Waals surface area contributed by atoms with Crippen LogP contribution < -0.4 is 10.6 Å². The molecule has 1 aromatic rings. The minimum absolute atomic E-state index is 0.0893. The van der Waals surface area contributed by atoms with Crippen molar-refractivity contribution in [3.63, 3.8) is 0 Å². The van der Waals surface area contributed by atoms with Crippen LogP contribution in [-0.4, -0.2) is 38.6 Å². The number of hydrogen-bond acceptors (Lipinski definition) is 7. The predicted octanol–water partition coefficient (Wildman–Crippen LogP) is 1.12. The van der Waals surface area contributed by atoms with Crippen molar-refractivity contribution < 1.29 is 26.6 Å². The highest BCUT2D eigenvalue weighted by atomic mass is 32.3. The van der Waals surface area contributed by atoms with Crippen LogP contribution in [0.25, 0.3) is 0 Å². The summed E-state index contributed by atoms with van der Waals surface area (Å²) in [5, 5.41) is 4.56. The van der Waals surface area contributed by atoms with Gasteiger partial charge in [-0.2, -0.15) is 8.42 Å². The van der Waals surface area contributed by atoms with Crippen molar-refractivity contribution in [2.75, 3.05) is 12.4 Å². The minimum atomic E-state index is -4.86. The molecule has 2 amide bonds. The molecule has 0 aliphatic carbocycles. The van der Waals surface area contributed by atoms with Crippen LogP contribution in [0.3, 0.4) is 0 Å². The van der Waals surface area contributed by atoms with Gasteiger partial charge in [-0.05, 0) is 5.92 Å². The molecule has 2 N–H and O–H groups in total. The third-order valence-electron chi connectivity index (χ3n) is 2.36. The van der Waals surface area contributed by atoms with Crippen molar-refractivity contribution in [3.8, 4) is 0 Å². The van der Waals surface area contributed by atoms with E-state index in [-0.39, 0.29) is 11.0 Å². The number of aromatic nitrogens is 1. The number of anilines is 1. The highest BCUT2D eigenvalue weighted by molar-refractivity contribution is 7.88. The summed E-state index contributed by atoms with van der Waals surface area (Å²) in [6.45, 7) is 3.39. The molecule has 0 aliphatic heterocycles. The number of halogens is 1. The highest BCUT2D eigenvalue weighted by Crippen LogP contribution is 2.24. The second-order valence-electron chi connectivity index (χ2n) is 4.27. The standard InChI is InChI=1S/C10H14FN3O5S2/c1-5(2)7(13-10(16)19-3)8(15)14-9-12-4-6(20-9)21(11,17)18/h4-5,7H,1-3H3,(H,13,16)(H,12,14,15). The zero-order valence-electron chi connectivity index (χ0n) is 11.4. The van der Waals surface area contributed by atoms with Crippen LogP contribution in [0.5, 0.6) is 0 Å². The van der Waals surface area contributed by atoms with E-state index >= 15 is 0 Å². The molecule has 21 heavy (non-hydrogen) atoms. The van der Waals surface area contributed by atoms with E-state index in [1.54, 1.807) is 13.8 Å². The van der Waals surface area contributed by atoms with E-state index < -0.39 is 32.5 Å². The van der Waals surface area contributed by atoms with Crippen LogP contribution in [0.4, 0.5) is 13.8 Å². The van der Waals surface area contributed by atoms with Gasteiger partial charge in [0.15, 0.2) is 9.34 Å². The van der Waals surface area contributed by atoms with Gasteiger partial charge < -0.3 is 15.4 Å². The van der Waals surface area contributed by atoms with Gasteiger partial charge in [0.2, 0.25) is 5.91 Å². The average Bonchev–Trinajstić information content (AvgIpc) is 2.83. The lowest BCUT2D eigenvalue weighted by atomic mass is 10.0. The molecule has 118 valence electrons. The molecule has 1 rings (SSSR count). The van der Waals surface area contributed by atoms with E-state index in [1.807, 2.05) is 0 Å². The molecule has 8 nitrogen and oxygen atoms in total. The van der Waals surface area contributed by atoms with Gasteiger partial charge >= 0.3 is 16.3 Å². The molecule has 1 unspecified atom stereocenters. The Bertz CT molecular complexity index is 628. The molecule has 0 aromatic carbocycles. The molecular formula is C10H14FN3O5S2. The molecule has 11 heteroatoms. The van der Waals surface area contributed by atoms with Crippen molar-refractivity contribution in [3.05, 3.63) is 6.20 Å². The highest BCUT2D eigenvalue weighted by Gasteiger charge is 2.26. The molecule has 0 saturated carbocycles. The maximum absolute atomic E-state index is 12.7. The quantitative estimate of drug-likeness (QED) is 0.777. The molecule has 0 bridgehead atoms. The van der Waals surface area contributed by atoms with Crippen LogP contribution in [0.1, 0.15) is 13.8 Å². The molecule has 1 atom stereocenters. The summed E-state index contributed by atoms with van der Waals surface area (Å²) in [4.78, 5) is 26.8. The van der Waals surface area contributed by atoms with E-state index in [0.29, 0.717) is 11.3 Å². The number of nitrogens with one attached hydrogen (secondary N) is 2. The number of carbonyl (C=O) groups is 2. The molecule has 0 aliphatic rings. The lowest BCUT2D eigenvalue weighted by Gasteiger charge is -2.20. The van der Waals surface area contributed by atoms with Crippen molar-refractivity contribution >= 4 is 38.7 Å². The van der Waals surface area contributed by atoms with E-state index in [0.717, 1.165) is 13.3 Å². The number of methoxy groups -OCH3 is 1. The van der Waals surface area contributed by atoms with Crippen LogP contribution >= 0.6 is 11.3 Å². The SMILES string of the molecule is COC(=O)NC(C(=O)Nc1ncc(S(=O)(=O)F)s1)C(C)C. The Morgan fingerprint density at radius 1 is 1.43 bits per heavy atom. The number of carbonyl (C=O) groups excluding carboxylic acids is 2. The number of hydrogen-bond donors (Lipinski definition) is 2. The number of nitrogens with zero attached hydrogens (tertiary/aromatic N) is 1. The first kappa shape index (κ1) is 17.3. The van der Waals surface area contributed by atoms with Crippen LogP contribution in [0, 0.1) is 5.92 Å². The first-order chi connectivity index (χ1) is 9.65. The van der Waals surface area contributed by atoms with Gasteiger partial charge in [0.25, 0.3) is 0 Å². The van der Waals surface area contributed by atoms with Crippen LogP contribution in [0.2, 0.25) is 0 Å². The number of thiazole rings is 1. The normalized spacial score (nSPS) is 12.8. The predicted molar refractivity (Wildman–Crippen MR) is 73.2 cm³/mol. The molecule has 1 heterocycles. The summed E-state index contributed by atoms with van der Waals surface area (Å²) < 4.78 is 37.9. The zero-order chi connectivity index (χ0) is 16.2. The Labute approximate surface area is 124 Å². The Balaban J connectivity index is 2.82. The summed E-state index contributed by atoms with van der Waals surface area (Å²) in [5.41, 5.74) is 0. The Kier molecular flexibility index (Phi) is 5.61. The number of alkyl carbamates (subject to hydrolysis) is 1. The summed E-state index contributed by atoms with van der Waals surface area (Å²) in [7, 11) is -3.71. The second kappa shape index (κ2) is 6.80. The second-order valence-corrected chi connectivity index (χ2v) is 6.87. The lowest BCUT2D eigenvalue weighted by molar-refractivity contribution is -0.119. The number of rotatable bonds is 5. The third kappa shape index (κ3) is 4.93. The monoisotopic (exact) mass is 339 g/mol. The Morgan fingerprint density at radius 3 is 2.48 bits per heavy atom. The van der Waals surface area contributed by atoms with E-state index in [1.165, 1.54) is 0 Å². The largest absolute Gasteiger partial charge is 0.453 e. The minimum Gasteiger partial charge on any atom is -0.453 e. The molecule has 1 aromatic heterocycles. The van der Waals surface area contributed by atoms with Crippen molar-refractivity contribution in [1.82, 2.24) is 10.3 Å². The lowest BCUT2D eigenvalue weighted by Crippen LogP contribution is -2.47. The van der Waals surface area contributed by atoms with Crippen LogP contribution in [-0.2, 0) is 19.8 Å². The first-order valence-electron chi connectivity index (χ1n) is 5.71. The summed E-state index contributed by atoms with van der Waals surface area (Å²) in [6.07, 6.45) is 0.0169. The van der Waals surface area contributed by atoms with Gasteiger partial charge in [0, 0.05) is 0 Å². The van der Waals surface area contributed by atoms with E-state index in [9.17, 15) is 21.9 Å². The summed E-state index contributed by atoms with van der Waals surface area (Å²) in [6, 6.07) is -0.910. The van der Waals surface area contributed by atoms with Crippen LogP contribution in [0.15, 0.2) is 10.4 Å². The number of ether oxygens (including phenoxy) is 1. The van der Waals surface area contributed by atoms with Gasteiger partial charge in [0.05, 0.1) is 13.3 Å². The van der Waals surface area contributed by atoms with E-state index in [4.69, 9.17) is 0 Å². The van der Waals surface area contributed by atoms with Gasteiger partial charge in [-0.1, -0.05) is 29.1 Å². The van der Waals surface area contributed by atoms with Gasteiger partial charge in [-0.3, -0.25) is 4.79 Å². The van der Waals surface area contributed by atoms with Crippen molar-refractivity contribution in [2.24, 2.45) is 5.92 Å². The molecule has 0 spiro atoms. The maximum atomic E-state index is 12.7. The van der Waals surface area contributed by atoms with Gasteiger partial charge in [0.1, 0.15) is 6.04 Å². The Morgan fingerprint density at radius 2 is 2.05 bits per heavy atom. The summed E-state index contributed by atoms with van der Waals surface area (Å²) >= 11 is 0.472. The first-order valence-corrected chi connectivity index (χ1v) is 7.91. The topological polar surface area (TPSA) is 114 Å². The average molecular weight is 339 g/mol. The maximum Gasteiger partial charge on any atom is 0.407 e. The Hall–Kier alpha value is -1.75. The molecular weight excluding hydrogens is 325 g/mol. The fourth-order valence-corrected chi connectivity index (χ4v) is 2.70. The molecule has 0 radical (unpaired) electrons. The molecule has 0 saturated heterocycles. The van der Waals surface area contributed by atoms with Gasteiger partial charge in [-0.25, -0.2) is 9.78 Å². The number of amides is 2. The van der Waals surface area contributed by atoms with Crippen molar-refractivity contribution in [2.45, 2.75) is 24.1 Å². The van der Waals surface area contributed by atoms with Gasteiger partial charge in [-0.15, -0.1) is 0 Å². The fourth-order valence-electron chi connectivity index (χ4n) is 1.33. The smallest absolute Gasteiger partial charge is 0.407 e. The van der Waals surface area contributed by atoms with Crippen molar-refractivity contribution in [1.29, 1.82) is 0 Å². The summed E-state index contributed by atoms with van der Waals surface area (Å²) in [5.74, 6) is -0.874. The molecule has 0 fully saturated rings.